The summed E-state index contributed by atoms with van der Waals surface area (Å²) in [4.78, 5) is 4.25. The van der Waals surface area contributed by atoms with Gasteiger partial charge in [-0.05, 0) is 26.3 Å². The number of rotatable bonds is 5. The van der Waals surface area contributed by atoms with Crippen LogP contribution in [-0.4, -0.2) is 10.5 Å². The van der Waals surface area contributed by atoms with E-state index in [1.54, 1.807) is 6.07 Å². The van der Waals surface area contributed by atoms with E-state index in [-0.39, 0.29) is 5.54 Å². The van der Waals surface area contributed by atoms with Crippen molar-refractivity contribution in [2.75, 3.05) is 10.7 Å². The molecule has 17 heavy (non-hydrogen) atoms. The van der Waals surface area contributed by atoms with Gasteiger partial charge in [-0.2, -0.15) is 0 Å². The Balaban J connectivity index is 2.98. The number of nitrogens with two attached hydrogens (primary N) is 1. The molecule has 4 nitrogen and oxygen atoms in total. The van der Waals surface area contributed by atoms with Gasteiger partial charge in [-0.1, -0.05) is 36.5 Å². The standard InChI is InChI=1S/C11H18Cl2N4/c1-4-5-11(2,3)16-9-7(12)6-8(13)10(15-9)17-14/h6H,4-5,14H2,1-3H3,(H2,15,16,17). The quantitative estimate of drug-likeness (QED) is 0.567. The second-order valence-electron chi connectivity index (χ2n) is 4.55. The summed E-state index contributed by atoms with van der Waals surface area (Å²) in [7, 11) is 0. The zero-order valence-corrected chi connectivity index (χ0v) is 11.8. The van der Waals surface area contributed by atoms with Gasteiger partial charge < -0.3 is 10.7 Å². The maximum Gasteiger partial charge on any atom is 0.161 e. The first kappa shape index (κ1) is 14.4. The van der Waals surface area contributed by atoms with Crippen LogP contribution in [0.3, 0.4) is 0 Å². The number of hydrogen-bond donors (Lipinski definition) is 3. The minimum atomic E-state index is -0.0783. The Morgan fingerprint density at radius 3 is 2.41 bits per heavy atom. The summed E-state index contributed by atoms with van der Waals surface area (Å²) in [5, 5.41) is 4.18. The summed E-state index contributed by atoms with van der Waals surface area (Å²) < 4.78 is 0. The molecule has 0 aliphatic rings. The van der Waals surface area contributed by atoms with Crippen LogP contribution in [-0.2, 0) is 0 Å². The van der Waals surface area contributed by atoms with Gasteiger partial charge in [-0.3, -0.25) is 0 Å². The predicted molar refractivity (Wildman–Crippen MR) is 74.7 cm³/mol. The number of anilines is 2. The van der Waals surface area contributed by atoms with E-state index in [4.69, 9.17) is 29.0 Å². The van der Waals surface area contributed by atoms with Crippen molar-refractivity contribution in [2.24, 2.45) is 5.84 Å². The molecule has 1 rings (SSSR count). The van der Waals surface area contributed by atoms with Crippen molar-refractivity contribution in [2.45, 2.75) is 39.2 Å². The molecule has 0 saturated carbocycles. The predicted octanol–water partition coefficient (Wildman–Crippen LogP) is 3.66. The minimum Gasteiger partial charge on any atom is -0.364 e. The number of hydrazine groups is 1. The molecule has 0 saturated heterocycles. The molecular weight excluding hydrogens is 259 g/mol. The molecular formula is C11H18Cl2N4. The van der Waals surface area contributed by atoms with Crippen LogP contribution in [0, 0.1) is 0 Å². The molecule has 0 spiro atoms. The highest BCUT2D eigenvalue weighted by atomic mass is 35.5. The highest BCUT2D eigenvalue weighted by molar-refractivity contribution is 6.37. The number of nitrogen functional groups attached to an aromatic ring is 1. The first-order valence-corrected chi connectivity index (χ1v) is 6.26. The Hall–Kier alpha value is -0.710. The first-order chi connectivity index (χ1) is 7.89. The molecule has 0 aliphatic carbocycles. The molecule has 0 aliphatic heterocycles. The first-order valence-electron chi connectivity index (χ1n) is 5.50. The van der Waals surface area contributed by atoms with E-state index in [1.165, 1.54) is 0 Å². The second kappa shape index (κ2) is 5.76. The Morgan fingerprint density at radius 2 is 1.88 bits per heavy atom. The molecule has 1 aromatic rings. The van der Waals surface area contributed by atoms with Gasteiger partial charge in [-0.25, -0.2) is 10.8 Å². The number of nitrogens with one attached hydrogen (secondary N) is 2. The van der Waals surface area contributed by atoms with E-state index >= 15 is 0 Å². The maximum absolute atomic E-state index is 6.09. The van der Waals surface area contributed by atoms with Crippen molar-refractivity contribution >= 4 is 34.8 Å². The van der Waals surface area contributed by atoms with E-state index in [2.05, 4.69) is 36.5 Å². The summed E-state index contributed by atoms with van der Waals surface area (Å²) in [6.45, 7) is 6.32. The van der Waals surface area contributed by atoms with Crippen LogP contribution in [0.2, 0.25) is 10.0 Å². The lowest BCUT2D eigenvalue weighted by atomic mass is 9.99. The lowest BCUT2D eigenvalue weighted by Crippen LogP contribution is -2.31. The van der Waals surface area contributed by atoms with Gasteiger partial charge in [-0.15, -0.1) is 0 Å². The van der Waals surface area contributed by atoms with Crippen LogP contribution < -0.4 is 16.6 Å². The van der Waals surface area contributed by atoms with Crippen molar-refractivity contribution in [3.63, 3.8) is 0 Å². The summed E-state index contributed by atoms with van der Waals surface area (Å²) in [5.74, 6) is 6.32. The topological polar surface area (TPSA) is 63.0 Å². The molecule has 0 atom stereocenters. The molecule has 1 aromatic heterocycles. The Labute approximate surface area is 112 Å². The van der Waals surface area contributed by atoms with Gasteiger partial charge in [0.15, 0.2) is 5.82 Å². The SMILES string of the molecule is CCCC(C)(C)Nc1nc(NN)c(Cl)cc1Cl. The average molecular weight is 277 g/mol. The normalized spacial score (nSPS) is 11.4. The van der Waals surface area contributed by atoms with Crippen molar-refractivity contribution in [1.29, 1.82) is 0 Å². The Kier molecular flexibility index (Phi) is 4.86. The number of nitrogens with zero attached hydrogens (tertiary/aromatic N) is 1. The molecule has 0 amide bonds. The molecule has 0 radical (unpaired) electrons. The molecule has 4 N–H and O–H groups in total. The monoisotopic (exact) mass is 276 g/mol. The van der Waals surface area contributed by atoms with Crippen LogP contribution in [0.15, 0.2) is 6.07 Å². The minimum absolute atomic E-state index is 0.0783. The van der Waals surface area contributed by atoms with Crippen LogP contribution in [0.25, 0.3) is 0 Å². The highest BCUT2D eigenvalue weighted by Crippen LogP contribution is 2.31. The third-order valence-electron chi connectivity index (χ3n) is 2.40. The molecule has 1 heterocycles. The fraction of sp³-hybridized carbons (Fsp3) is 0.545. The number of pyridine rings is 1. The largest absolute Gasteiger partial charge is 0.364 e. The van der Waals surface area contributed by atoms with Crippen molar-refractivity contribution in [3.8, 4) is 0 Å². The van der Waals surface area contributed by atoms with E-state index in [9.17, 15) is 0 Å². The Bertz CT molecular complexity index is 393. The highest BCUT2D eigenvalue weighted by Gasteiger charge is 2.19. The summed E-state index contributed by atoms with van der Waals surface area (Å²) in [6.07, 6.45) is 2.09. The van der Waals surface area contributed by atoms with Crippen LogP contribution in [0.5, 0.6) is 0 Å². The van der Waals surface area contributed by atoms with Crippen molar-refractivity contribution < 1.29 is 0 Å². The average Bonchev–Trinajstić information content (AvgIpc) is 2.21. The molecule has 96 valence electrons. The zero-order valence-electron chi connectivity index (χ0n) is 10.3. The number of halogens is 2. The van der Waals surface area contributed by atoms with Crippen LogP contribution >= 0.6 is 23.2 Å². The molecule has 0 unspecified atom stereocenters. The lowest BCUT2D eigenvalue weighted by Gasteiger charge is -2.27. The van der Waals surface area contributed by atoms with E-state index in [0.29, 0.717) is 21.7 Å². The smallest absolute Gasteiger partial charge is 0.161 e. The van der Waals surface area contributed by atoms with Crippen LogP contribution in [0.1, 0.15) is 33.6 Å². The van der Waals surface area contributed by atoms with Gasteiger partial charge in [0.05, 0.1) is 10.0 Å². The van der Waals surface area contributed by atoms with E-state index < -0.39 is 0 Å². The van der Waals surface area contributed by atoms with Gasteiger partial charge in [0.25, 0.3) is 0 Å². The fourth-order valence-electron chi connectivity index (χ4n) is 1.66. The van der Waals surface area contributed by atoms with Gasteiger partial charge in [0.1, 0.15) is 5.82 Å². The Morgan fingerprint density at radius 1 is 1.29 bits per heavy atom. The molecule has 0 bridgehead atoms. The van der Waals surface area contributed by atoms with Crippen molar-refractivity contribution in [1.82, 2.24) is 4.98 Å². The number of hydrogen-bond acceptors (Lipinski definition) is 4. The van der Waals surface area contributed by atoms with Crippen molar-refractivity contribution in [3.05, 3.63) is 16.1 Å². The van der Waals surface area contributed by atoms with E-state index in [0.717, 1.165) is 12.8 Å². The maximum atomic E-state index is 6.09. The zero-order chi connectivity index (χ0) is 13.1. The second-order valence-corrected chi connectivity index (χ2v) is 5.37. The molecule has 0 fully saturated rings. The number of aromatic nitrogens is 1. The third kappa shape index (κ3) is 3.91. The summed E-state index contributed by atoms with van der Waals surface area (Å²) in [6, 6.07) is 1.62. The lowest BCUT2D eigenvalue weighted by molar-refractivity contribution is 0.509. The van der Waals surface area contributed by atoms with Gasteiger partial charge in [0, 0.05) is 5.54 Å². The summed E-state index contributed by atoms with van der Waals surface area (Å²) in [5.41, 5.74) is 2.36. The van der Waals surface area contributed by atoms with Gasteiger partial charge in [0.2, 0.25) is 0 Å². The summed E-state index contributed by atoms with van der Waals surface area (Å²) >= 11 is 12.0. The fourth-order valence-corrected chi connectivity index (χ4v) is 2.12. The van der Waals surface area contributed by atoms with Crippen LogP contribution in [0.4, 0.5) is 11.6 Å². The third-order valence-corrected chi connectivity index (χ3v) is 2.97. The van der Waals surface area contributed by atoms with E-state index in [1.807, 2.05) is 0 Å². The van der Waals surface area contributed by atoms with Gasteiger partial charge >= 0.3 is 0 Å². The molecule has 6 heteroatoms. The molecule has 0 aromatic carbocycles.